The van der Waals surface area contributed by atoms with Crippen LogP contribution in [0.5, 0.6) is 0 Å². The molecule has 1 N–H and O–H groups in total. The molecule has 9 heteroatoms. The van der Waals surface area contributed by atoms with E-state index in [4.69, 9.17) is 19.1 Å². The van der Waals surface area contributed by atoms with E-state index in [2.05, 4.69) is 10.00 Å². The molecule has 0 aromatic carbocycles. The van der Waals surface area contributed by atoms with E-state index in [-0.39, 0.29) is 18.4 Å². The summed E-state index contributed by atoms with van der Waals surface area (Å²) < 4.78 is 12.7. The highest BCUT2D eigenvalue weighted by Crippen LogP contribution is 2.22. The second-order valence-corrected chi connectivity index (χ2v) is 6.73. The second kappa shape index (κ2) is 9.33. The molecule has 2 saturated heterocycles. The lowest BCUT2D eigenvalue weighted by Crippen LogP contribution is -2.46. The van der Waals surface area contributed by atoms with Gasteiger partial charge < -0.3 is 19.2 Å². The Hall–Kier alpha value is -2.65. The van der Waals surface area contributed by atoms with Crippen LogP contribution in [-0.2, 0) is 27.4 Å². The van der Waals surface area contributed by atoms with Crippen LogP contribution in [0.1, 0.15) is 5.56 Å². The van der Waals surface area contributed by atoms with Crippen LogP contribution in [0.15, 0.2) is 41.5 Å². The van der Waals surface area contributed by atoms with Crippen LogP contribution < -0.4 is 0 Å². The lowest BCUT2D eigenvalue weighted by molar-refractivity contribution is -0.134. The molecular formula is C18H24N4O5. The molecule has 4 heterocycles. The van der Waals surface area contributed by atoms with Gasteiger partial charge in [-0.05, 0) is 12.1 Å². The van der Waals surface area contributed by atoms with Crippen molar-refractivity contribution < 1.29 is 23.8 Å². The van der Waals surface area contributed by atoms with Crippen molar-refractivity contribution in [1.82, 2.24) is 19.6 Å². The maximum absolute atomic E-state index is 12.7. The summed E-state index contributed by atoms with van der Waals surface area (Å²) >= 11 is 0. The van der Waals surface area contributed by atoms with Gasteiger partial charge in [0.2, 0.25) is 5.91 Å². The Morgan fingerprint density at radius 3 is 2.89 bits per heavy atom. The summed E-state index contributed by atoms with van der Waals surface area (Å²) in [6.07, 6.45) is 7.02. The van der Waals surface area contributed by atoms with Crippen molar-refractivity contribution >= 4 is 12.4 Å². The molecule has 0 spiro atoms. The number of nitrogens with zero attached hydrogens (tertiary/aromatic N) is 4. The third kappa shape index (κ3) is 5.18. The smallest absolute Gasteiger partial charge is 0.290 e. The fourth-order valence-electron chi connectivity index (χ4n) is 3.58. The monoisotopic (exact) mass is 376 g/mol. The third-order valence-corrected chi connectivity index (χ3v) is 4.76. The predicted octanol–water partition coefficient (Wildman–Crippen LogP) is 0.536. The molecule has 1 amide bonds. The molecule has 0 unspecified atom stereocenters. The van der Waals surface area contributed by atoms with Crippen molar-refractivity contribution in [1.29, 1.82) is 0 Å². The van der Waals surface area contributed by atoms with E-state index in [0.29, 0.717) is 32.2 Å². The number of carboxylic acid groups (broad SMARTS) is 1. The molecule has 2 aromatic heterocycles. The van der Waals surface area contributed by atoms with E-state index >= 15 is 0 Å². The summed E-state index contributed by atoms with van der Waals surface area (Å²) in [7, 11) is 0. The van der Waals surface area contributed by atoms with Gasteiger partial charge in [0.15, 0.2) is 0 Å². The summed E-state index contributed by atoms with van der Waals surface area (Å²) in [6, 6.07) is 4.05. The standard InChI is InChI=1S/C17H22N4O3.CH2O2/c22-17(10-21-4-1-3-18-21)20-8-15-7-19(6-14-2-5-23-11-14)16(9-20)13-24-12-15;2-1-3/h1-5,11,15-16H,6-10,12-13H2;1H,(H,2,3)/t15-,16+;/m1./s1. The van der Waals surface area contributed by atoms with Gasteiger partial charge in [0, 0.05) is 50.1 Å². The topological polar surface area (TPSA) is 101 Å². The van der Waals surface area contributed by atoms with Crippen LogP contribution in [0.3, 0.4) is 0 Å². The maximum Gasteiger partial charge on any atom is 0.290 e. The molecule has 0 saturated carbocycles. The summed E-state index contributed by atoms with van der Waals surface area (Å²) in [5.74, 6) is 0.465. The Kier molecular flexibility index (Phi) is 6.61. The van der Waals surface area contributed by atoms with Gasteiger partial charge in [-0.3, -0.25) is 19.2 Å². The predicted molar refractivity (Wildman–Crippen MR) is 94.7 cm³/mol. The van der Waals surface area contributed by atoms with E-state index in [9.17, 15) is 4.79 Å². The molecule has 2 aromatic rings. The van der Waals surface area contributed by atoms with Crippen molar-refractivity contribution in [2.45, 2.75) is 19.1 Å². The quantitative estimate of drug-likeness (QED) is 0.777. The molecule has 2 atom stereocenters. The molecule has 4 rings (SSSR count). The van der Waals surface area contributed by atoms with Gasteiger partial charge in [-0.1, -0.05) is 0 Å². The van der Waals surface area contributed by atoms with Crippen molar-refractivity contribution in [2.24, 2.45) is 5.92 Å². The molecule has 27 heavy (non-hydrogen) atoms. The number of carbonyl (C=O) groups is 2. The van der Waals surface area contributed by atoms with Crippen LogP contribution in [0.25, 0.3) is 0 Å². The van der Waals surface area contributed by atoms with Gasteiger partial charge in [0.25, 0.3) is 6.47 Å². The minimum Gasteiger partial charge on any atom is -0.483 e. The Morgan fingerprint density at radius 1 is 1.33 bits per heavy atom. The molecule has 0 aliphatic carbocycles. The second-order valence-electron chi connectivity index (χ2n) is 6.73. The van der Waals surface area contributed by atoms with Gasteiger partial charge in [-0.2, -0.15) is 5.10 Å². The number of rotatable bonds is 4. The maximum atomic E-state index is 12.7. The highest BCUT2D eigenvalue weighted by Gasteiger charge is 2.35. The molecule has 2 fully saturated rings. The minimum atomic E-state index is -0.250. The summed E-state index contributed by atoms with van der Waals surface area (Å²) in [5, 5.41) is 11.0. The van der Waals surface area contributed by atoms with Crippen LogP contribution >= 0.6 is 0 Å². The Bertz CT molecular complexity index is 703. The molecule has 146 valence electrons. The molecular weight excluding hydrogens is 352 g/mol. The Balaban J connectivity index is 0.000000659. The average molecular weight is 376 g/mol. The highest BCUT2D eigenvalue weighted by molar-refractivity contribution is 5.76. The number of fused-ring (bicyclic) bond motifs is 3. The largest absolute Gasteiger partial charge is 0.483 e. The lowest BCUT2D eigenvalue weighted by atomic mass is 10.1. The number of carbonyl (C=O) groups excluding carboxylic acids is 1. The number of hydrogen-bond donors (Lipinski definition) is 1. The summed E-state index contributed by atoms with van der Waals surface area (Å²) in [6.45, 7) is 4.66. The van der Waals surface area contributed by atoms with E-state index in [1.54, 1.807) is 23.4 Å². The Morgan fingerprint density at radius 2 is 2.19 bits per heavy atom. The van der Waals surface area contributed by atoms with E-state index < -0.39 is 0 Å². The average Bonchev–Trinajstić information content (AvgIpc) is 3.25. The van der Waals surface area contributed by atoms with E-state index in [1.807, 2.05) is 23.2 Å². The van der Waals surface area contributed by atoms with E-state index in [1.165, 1.54) is 0 Å². The zero-order chi connectivity index (χ0) is 19.1. The Labute approximate surface area is 157 Å². The fourth-order valence-corrected chi connectivity index (χ4v) is 3.58. The summed E-state index contributed by atoms with van der Waals surface area (Å²) in [4.78, 5) is 25.4. The molecule has 2 aliphatic rings. The van der Waals surface area contributed by atoms with Gasteiger partial charge in [-0.25, -0.2) is 0 Å². The van der Waals surface area contributed by atoms with Crippen LogP contribution in [-0.4, -0.2) is 76.0 Å². The van der Waals surface area contributed by atoms with Gasteiger partial charge in [-0.15, -0.1) is 0 Å². The number of furan rings is 1. The normalized spacial score (nSPS) is 22.4. The van der Waals surface area contributed by atoms with Crippen LogP contribution in [0, 0.1) is 5.92 Å². The zero-order valence-corrected chi connectivity index (χ0v) is 15.0. The summed E-state index contributed by atoms with van der Waals surface area (Å²) in [5.41, 5.74) is 1.16. The molecule has 2 bridgehead atoms. The third-order valence-electron chi connectivity index (χ3n) is 4.76. The fraction of sp³-hybridized carbons (Fsp3) is 0.500. The number of ether oxygens (including phenoxy) is 1. The zero-order valence-electron chi connectivity index (χ0n) is 15.0. The number of aromatic nitrogens is 2. The van der Waals surface area contributed by atoms with Gasteiger partial charge in [0.05, 0.1) is 31.8 Å². The van der Waals surface area contributed by atoms with Gasteiger partial charge in [0.1, 0.15) is 6.54 Å². The van der Waals surface area contributed by atoms with Gasteiger partial charge >= 0.3 is 0 Å². The minimum absolute atomic E-state index is 0.126. The molecule has 0 radical (unpaired) electrons. The lowest BCUT2D eigenvalue weighted by Gasteiger charge is -2.31. The van der Waals surface area contributed by atoms with E-state index in [0.717, 1.165) is 25.2 Å². The first kappa shape index (κ1) is 19.1. The van der Waals surface area contributed by atoms with Crippen molar-refractivity contribution in [2.75, 3.05) is 32.8 Å². The molecule has 2 aliphatic heterocycles. The first-order chi connectivity index (χ1) is 13.2. The van der Waals surface area contributed by atoms with Crippen molar-refractivity contribution in [3.8, 4) is 0 Å². The van der Waals surface area contributed by atoms with Crippen molar-refractivity contribution in [3.63, 3.8) is 0 Å². The first-order valence-electron chi connectivity index (χ1n) is 8.85. The number of hydrogen-bond acceptors (Lipinski definition) is 6. The van der Waals surface area contributed by atoms with Crippen LogP contribution in [0.4, 0.5) is 0 Å². The number of amides is 1. The highest BCUT2D eigenvalue weighted by atomic mass is 16.5. The molecule has 9 nitrogen and oxygen atoms in total. The van der Waals surface area contributed by atoms with Crippen LogP contribution in [0.2, 0.25) is 0 Å². The van der Waals surface area contributed by atoms with Crippen molar-refractivity contribution in [3.05, 3.63) is 42.6 Å². The SMILES string of the molecule is O=C(Cn1cccn1)N1C[C@@H]2COC[C@H](C1)N(Cc1ccoc1)C2.O=CO. The first-order valence-corrected chi connectivity index (χ1v) is 8.85.